The average molecular weight is 278 g/mol. The Bertz CT molecular complexity index is 553. The summed E-state index contributed by atoms with van der Waals surface area (Å²) in [5.41, 5.74) is 5.02. The van der Waals surface area contributed by atoms with Crippen LogP contribution in [0.2, 0.25) is 0 Å². The fraction of sp³-hybridized carbons (Fsp3) is 0.462. The molecule has 1 saturated carbocycles. The fourth-order valence-corrected chi connectivity index (χ4v) is 2.54. The number of hydrogen-bond donors (Lipinski definition) is 4. The van der Waals surface area contributed by atoms with Crippen molar-refractivity contribution < 1.29 is 10.0 Å². The summed E-state index contributed by atoms with van der Waals surface area (Å²) < 4.78 is 0. The zero-order valence-electron chi connectivity index (χ0n) is 11.1. The van der Waals surface area contributed by atoms with Crippen molar-refractivity contribution in [2.24, 2.45) is 10.9 Å². The van der Waals surface area contributed by atoms with E-state index in [2.05, 4.69) is 15.5 Å². The van der Waals surface area contributed by atoms with E-state index in [0.717, 1.165) is 19.3 Å². The van der Waals surface area contributed by atoms with Gasteiger partial charge in [-0.1, -0.05) is 24.4 Å². The quantitative estimate of drug-likeness (QED) is 0.279. The molecule has 0 radical (unpaired) electrons. The lowest BCUT2D eigenvalue weighted by Crippen LogP contribution is -2.58. The van der Waals surface area contributed by atoms with Gasteiger partial charge in [0.2, 0.25) is 5.56 Å². The summed E-state index contributed by atoms with van der Waals surface area (Å²) in [5, 5.41) is 14.8. The molecule has 20 heavy (non-hydrogen) atoms. The molecule has 5 N–H and O–H groups in total. The molecule has 1 aliphatic rings. The molecular formula is C13H18N4O3. The summed E-state index contributed by atoms with van der Waals surface area (Å²) in [4.78, 5) is 25.7. The smallest absolute Gasteiger partial charge is 0.253 e. The molecule has 1 aliphatic carbocycles. The van der Waals surface area contributed by atoms with Crippen molar-refractivity contribution in [3.63, 3.8) is 0 Å². The Morgan fingerprint density at radius 1 is 1.35 bits per heavy atom. The summed E-state index contributed by atoms with van der Waals surface area (Å²) in [6.45, 7) is 0. The summed E-state index contributed by atoms with van der Waals surface area (Å²) in [6.07, 6.45) is 5.50. The van der Waals surface area contributed by atoms with Crippen LogP contribution in [0.3, 0.4) is 0 Å². The Morgan fingerprint density at radius 2 is 2.05 bits per heavy atom. The molecule has 0 saturated heterocycles. The Morgan fingerprint density at radius 3 is 2.60 bits per heavy atom. The van der Waals surface area contributed by atoms with Crippen LogP contribution < -0.4 is 16.6 Å². The molecule has 0 atom stereocenters. The molecule has 1 aromatic heterocycles. The monoisotopic (exact) mass is 278 g/mol. The number of oxime groups is 1. The Balaban J connectivity index is 2.21. The number of carbonyl (C=O) groups is 1. The standard InChI is InChI=1S/C13H18N4O3/c14-12(17-20)13(6-2-1-3-7-13)16-11(19)9-4-5-10(18)15-8-9/h4-5,8,20H,1-3,6-7H2,(H2,14,17)(H,15,18)(H,16,19). The highest BCUT2D eigenvalue weighted by atomic mass is 16.4. The van der Waals surface area contributed by atoms with Crippen molar-refractivity contribution in [2.75, 3.05) is 0 Å². The first kappa shape index (κ1) is 14.1. The van der Waals surface area contributed by atoms with Gasteiger partial charge in [-0.2, -0.15) is 0 Å². The number of amidine groups is 1. The molecule has 0 spiro atoms. The van der Waals surface area contributed by atoms with Gasteiger partial charge in [0.25, 0.3) is 5.91 Å². The highest BCUT2D eigenvalue weighted by Gasteiger charge is 2.38. The molecule has 108 valence electrons. The van der Waals surface area contributed by atoms with Gasteiger partial charge in [-0.05, 0) is 18.9 Å². The van der Waals surface area contributed by atoms with Crippen LogP contribution in [0.15, 0.2) is 28.3 Å². The van der Waals surface area contributed by atoms with E-state index in [-0.39, 0.29) is 17.3 Å². The van der Waals surface area contributed by atoms with E-state index in [9.17, 15) is 9.59 Å². The number of aromatic nitrogens is 1. The molecule has 7 nitrogen and oxygen atoms in total. The Labute approximate surface area is 115 Å². The van der Waals surface area contributed by atoms with Crippen LogP contribution in [-0.4, -0.2) is 27.5 Å². The van der Waals surface area contributed by atoms with Gasteiger partial charge in [0, 0.05) is 12.3 Å². The van der Waals surface area contributed by atoms with Gasteiger partial charge in [0.1, 0.15) is 5.54 Å². The molecule has 1 aromatic rings. The number of carbonyl (C=O) groups excluding carboxylic acids is 1. The molecule has 0 unspecified atom stereocenters. The van der Waals surface area contributed by atoms with Gasteiger partial charge < -0.3 is 21.2 Å². The van der Waals surface area contributed by atoms with Gasteiger partial charge in [0.05, 0.1) is 5.56 Å². The Kier molecular flexibility index (Phi) is 4.07. The van der Waals surface area contributed by atoms with Crippen molar-refractivity contribution in [1.82, 2.24) is 10.3 Å². The van der Waals surface area contributed by atoms with Crippen molar-refractivity contribution in [1.29, 1.82) is 0 Å². The van der Waals surface area contributed by atoms with E-state index in [0.29, 0.717) is 18.4 Å². The third kappa shape index (κ3) is 2.81. The minimum Gasteiger partial charge on any atom is -0.409 e. The molecule has 1 amide bonds. The number of pyridine rings is 1. The predicted octanol–water partition coefficient (Wildman–Crippen LogP) is 0.554. The lowest BCUT2D eigenvalue weighted by molar-refractivity contribution is 0.0905. The van der Waals surface area contributed by atoms with Crippen LogP contribution in [0.1, 0.15) is 42.5 Å². The highest BCUT2D eigenvalue weighted by molar-refractivity contribution is 6.00. The van der Waals surface area contributed by atoms with E-state index in [1.165, 1.54) is 18.3 Å². The molecule has 1 fully saturated rings. The third-order valence-electron chi connectivity index (χ3n) is 3.70. The zero-order valence-corrected chi connectivity index (χ0v) is 11.1. The summed E-state index contributed by atoms with van der Waals surface area (Å²) in [5.74, 6) is -0.329. The maximum atomic E-state index is 12.2. The van der Waals surface area contributed by atoms with Gasteiger partial charge in [-0.3, -0.25) is 9.59 Å². The van der Waals surface area contributed by atoms with Crippen LogP contribution in [0, 0.1) is 0 Å². The highest BCUT2D eigenvalue weighted by Crippen LogP contribution is 2.28. The van der Waals surface area contributed by atoms with Crippen molar-refractivity contribution in [2.45, 2.75) is 37.6 Å². The van der Waals surface area contributed by atoms with Crippen LogP contribution in [0.25, 0.3) is 0 Å². The van der Waals surface area contributed by atoms with Crippen molar-refractivity contribution >= 4 is 11.7 Å². The summed E-state index contributed by atoms with van der Waals surface area (Å²) in [7, 11) is 0. The normalized spacial score (nSPS) is 18.5. The molecule has 0 aliphatic heterocycles. The minimum atomic E-state index is -0.805. The summed E-state index contributed by atoms with van der Waals surface area (Å²) >= 11 is 0. The average Bonchev–Trinajstić information content (AvgIpc) is 2.48. The first-order valence-electron chi connectivity index (χ1n) is 6.57. The second-order valence-corrected chi connectivity index (χ2v) is 5.02. The SMILES string of the molecule is N/C(=N/O)C1(NC(=O)c2ccc(=O)[nH]c2)CCCCC1. The second-order valence-electron chi connectivity index (χ2n) is 5.02. The fourth-order valence-electron chi connectivity index (χ4n) is 2.54. The van der Waals surface area contributed by atoms with E-state index in [1.54, 1.807) is 0 Å². The van der Waals surface area contributed by atoms with E-state index in [1.807, 2.05) is 0 Å². The predicted molar refractivity (Wildman–Crippen MR) is 73.8 cm³/mol. The number of H-pyrrole nitrogens is 1. The summed E-state index contributed by atoms with van der Waals surface area (Å²) in [6, 6.07) is 2.73. The van der Waals surface area contributed by atoms with E-state index >= 15 is 0 Å². The Hall–Kier alpha value is -2.31. The van der Waals surface area contributed by atoms with Crippen LogP contribution >= 0.6 is 0 Å². The second kappa shape index (κ2) is 5.77. The number of amides is 1. The van der Waals surface area contributed by atoms with Crippen LogP contribution in [0.5, 0.6) is 0 Å². The van der Waals surface area contributed by atoms with Crippen molar-refractivity contribution in [3.05, 3.63) is 34.2 Å². The largest absolute Gasteiger partial charge is 0.409 e. The van der Waals surface area contributed by atoms with Crippen LogP contribution in [-0.2, 0) is 0 Å². The number of nitrogens with two attached hydrogens (primary N) is 1. The number of nitrogens with zero attached hydrogens (tertiary/aromatic N) is 1. The zero-order chi connectivity index (χ0) is 14.6. The van der Waals surface area contributed by atoms with Gasteiger partial charge in [-0.15, -0.1) is 0 Å². The van der Waals surface area contributed by atoms with Crippen molar-refractivity contribution in [3.8, 4) is 0 Å². The van der Waals surface area contributed by atoms with Gasteiger partial charge >= 0.3 is 0 Å². The topological polar surface area (TPSA) is 121 Å². The number of rotatable bonds is 3. The molecule has 7 heteroatoms. The van der Waals surface area contributed by atoms with Gasteiger partial charge in [-0.25, -0.2) is 0 Å². The minimum absolute atomic E-state index is 0.0231. The lowest BCUT2D eigenvalue weighted by Gasteiger charge is -2.36. The molecule has 0 bridgehead atoms. The molecule has 2 rings (SSSR count). The number of nitrogens with one attached hydrogen (secondary N) is 2. The molecule has 1 heterocycles. The third-order valence-corrected chi connectivity index (χ3v) is 3.70. The van der Waals surface area contributed by atoms with Crippen LogP contribution in [0.4, 0.5) is 0 Å². The van der Waals surface area contributed by atoms with Gasteiger partial charge in [0.15, 0.2) is 5.84 Å². The first-order valence-corrected chi connectivity index (χ1v) is 6.57. The molecular weight excluding hydrogens is 260 g/mol. The maximum absolute atomic E-state index is 12.2. The molecule has 0 aromatic carbocycles. The number of hydrogen-bond acceptors (Lipinski definition) is 4. The maximum Gasteiger partial charge on any atom is 0.253 e. The first-order chi connectivity index (χ1) is 9.57. The lowest BCUT2D eigenvalue weighted by atomic mass is 9.80. The van der Waals surface area contributed by atoms with E-state index < -0.39 is 5.54 Å². The van der Waals surface area contributed by atoms with E-state index in [4.69, 9.17) is 10.9 Å². The number of aromatic amines is 1.